The van der Waals surface area contributed by atoms with Gasteiger partial charge in [0.2, 0.25) is 0 Å². The van der Waals surface area contributed by atoms with E-state index in [9.17, 15) is 9.59 Å². The first-order chi connectivity index (χ1) is 5.65. The minimum Gasteiger partial charge on any atom is -0.364 e. The molecule has 0 aliphatic carbocycles. The highest BCUT2D eigenvalue weighted by molar-refractivity contribution is 5.96. The fourth-order valence-corrected chi connectivity index (χ4v) is 0.699. The van der Waals surface area contributed by atoms with E-state index < -0.39 is 5.91 Å². The van der Waals surface area contributed by atoms with Crippen molar-refractivity contribution in [2.75, 3.05) is 7.05 Å². The quantitative estimate of drug-likeness (QED) is 0.520. The first-order valence-electron chi connectivity index (χ1n) is 3.22. The molecule has 64 valence electrons. The number of hydrogen-bond donors (Lipinski definition) is 3. The average molecular weight is 168 g/mol. The van der Waals surface area contributed by atoms with Crippen molar-refractivity contribution in [2.45, 2.75) is 0 Å². The third-order valence-corrected chi connectivity index (χ3v) is 1.30. The molecule has 0 saturated heterocycles. The molecule has 0 aliphatic rings. The van der Waals surface area contributed by atoms with Crippen molar-refractivity contribution in [3.05, 3.63) is 17.5 Å². The lowest BCUT2D eigenvalue weighted by Crippen LogP contribution is -2.18. The Hall–Kier alpha value is -1.85. The van der Waals surface area contributed by atoms with Gasteiger partial charge in [0.05, 0.1) is 0 Å². The molecular weight excluding hydrogens is 160 g/mol. The maximum Gasteiger partial charge on any atom is 0.269 e. The number of H-pyrrole nitrogens is 1. The second-order valence-electron chi connectivity index (χ2n) is 2.11. The first kappa shape index (κ1) is 8.25. The Balaban J connectivity index is 2.91. The summed E-state index contributed by atoms with van der Waals surface area (Å²) in [7, 11) is 1.48. The van der Waals surface area contributed by atoms with E-state index in [1.807, 2.05) is 0 Å². The van der Waals surface area contributed by atoms with E-state index in [1.165, 1.54) is 13.1 Å². The van der Waals surface area contributed by atoms with Gasteiger partial charge in [0, 0.05) is 13.1 Å². The normalized spacial score (nSPS) is 9.42. The molecule has 6 nitrogen and oxygen atoms in total. The van der Waals surface area contributed by atoms with Gasteiger partial charge >= 0.3 is 0 Å². The number of rotatable bonds is 2. The molecule has 0 radical (unpaired) electrons. The van der Waals surface area contributed by atoms with Crippen molar-refractivity contribution in [2.24, 2.45) is 5.73 Å². The van der Waals surface area contributed by atoms with Gasteiger partial charge in [-0.05, 0) is 0 Å². The van der Waals surface area contributed by atoms with E-state index in [-0.39, 0.29) is 17.3 Å². The molecule has 0 bridgehead atoms. The number of primary amides is 1. The van der Waals surface area contributed by atoms with Crippen molar-refractivity contribution < 1.29 is 9.59 Å². The number of carbonyl (C=O) groups is 2. The molecule has 0 atom stereocenters. The lowest BCUT2D eigenvalue weighted by molar-refractivity contribution is 0.0957. The van der Waals surface area contributed by atoms with E-state index >= 15 is 0 Å². The number of aromatic amines is 1. The number of hydrogen-bond acceptors (Lipinski definition) is 3. The highest BCUT2D eigenvalue weighted by Gasteiger charge is 2.10. The highest BCUT2D eigenvalue weighted by atomic mass is 16.2. The zero-order chi connectivity index (χ0) is 9.14. The third kappa shape index (κ3) is 1.42. The summed E-state index contributed by atoms with van der Waals surface area (Å²) >= 11 is 0. The van der Waals surface area contributed by atoms with Crippen LogP contribution in [0.4, 0.5) is 0 Å². The van der Waals surface area contributed by atoms with E-state index in [4.69, 9.17) is 5.73 Å². The van der Waals surface area contributed by atoms with Crippen molar-refractivity contribution in [3.8, 4) is 0 Å². The van der Waals surface area contributed by atoms with Crippen LogP contribution in [0.5, 0.6) is 0 Å². The van der Waals surface area contributed by atoms with Crippen LogP contribution in [0, 0.1) is 0 Å². The molecule has 1 aromatic rings. The van der Waals surface area contributed by atoms with Crippen molar-refractivity contribution in [1.82, 2.24) is 15.5 Å². The summed E-state index contributed by atoms with van der Waals surface area (Å²) in [4.78, 5) is 21.4. The van der Waals surface area contributed by atoms with Crippen LogP contribution in [0.15, 0.2) is 6.07 Å². The molecule has 2 amide bonds. The van der Waals surface area contributed by atoms with Gasteiger partial charge < -0.3 is 11.1 Å². The van der Waals surface area contributed by atoms with Crippen LogP contribution >= 0.6 is 0 Å². The summed E-state index contributed by atoms with van der Waals surface area (Å²) in [6.07, 6.45) is 0. The Labute approximate surface area is 68.1 Å². The fourth-order valence-electron chi connectivity index (χ4n) is 0.699. The van der Waals surface area contributed by atoms with Crippen LogP contribution in [-0.2, 0) is 0 Å². The minimum atomic E-state index is -0.665. The van der Waals surface area contributed by atoms with Gasteiger partial charge in [0.25, 0.3) is 11.8 Å². The Morgan fingerprint density at radius 3 is 2.75 bits per heavy atom. The number of nitrogens with zero attached hydrogens (tertiary/aromatic N) is 1. The molecule has 1 heterocycles. The van der Waals surface area contributed by atoms with Crippen LogP contribution in [0.3, 0.4) is 0 Å². The summed E-state index contributed by atoms with van der Waals surface area (Å²) in [5.74, 6) is -1.00. The van der Waals surface area contributed by atoms with Crippen molar-refractivity contribution in [3.63, 3.8) is 0 Å². The van der Waals surface area contributed by atoms with Crippen LogP contribution < -0.4 is 11.1 Å². The lowest BCUT2D eigenvalue weighted by atomic mass is 10.3. The van der Waals surface area contributed by atoms with E-state index in [2.05, 4.69) is 15.5 Å². The smallest absolute Gasteiger partial charge is 0.269 e. The maximum atomic E-state index is 10.9. The monoisotopic (exact) mass is 168 g/mol. The van der Waals surface area contributed by atoms with Crippen LogP contribution in [0.2, 0.25) is 0 Å². The SMILES string of the molecule is CNC(=O)c1cc(C(N)=O)n[nH]1. The highest BCUT2D eigenvalue weighted by Crippen LogP contribution is 1.97. The van der Waals surface area contributed by atoms with Crippen LogP contribution in [0.1, 0.15) is 21.0 Å². The molecule has 0 fully saturated rings. The summed E-state index contributed by atoms with van der Waals surface area (Å²) in [6, 6.07) is 1.29. The maximum absolute atomic E-state index is 10.9. The molecule has 12 heavy (non-hydrogen) atoms. The van der Waals surface area contributed by atoms with Gasteiger partial charge in [-0.15, -0.1) is 0 Å². The predicted molar refractivity (Wildman–Crippen MR) is 40.5 cm³/mol. The fraction of sp³-hybridized carbons (Fsp3) is 0.167. The first-order valence-corrected chi connectivity index (χ1v) is 3.22. The molecule has 0 unspecified atom stereocenters. The second kappa shape index (κ2) is 3.04. The zero-order valence-electron chi connectivity index (χ0n) is 6.42. The number of amides is 2. The van der Waals surface area contributed by atoms with Crippen LogP contribution in [-0.4, -0.2) is 29.1 Å². The van der Waals surface area contributed by atoms with Crippen molar-refractivity contribution >= 4 is 11.8 Å². The number of aromatic nitrogens is 2. The van der Waals surface area contributed by atoms with Gasteiger partial charge in [0.15, 0.2) is 5.69 Å². The average Bonchev–Trinajstić information content (AvgIpc) is 2.51. The van der Waals surface area contributed by atoms with E-state index in [0.717, 1.165) is 0 Å². The summed E-state index contributed by atoms with van der Waals surface area (Å²) in [5, 5.41) is 8.27. The molecule has 0 aliphatic heterocycles. The number of nitrogens with one attached hydrogen (secondary N) is 2. The Morgan fingerprint density at radius 1 is 1.67 bits per heavy atom. The zero-order valence-corrected chi connectivity index (χ0v) is 6.42. The predicted octanol–water partition coefficient (Wildman–Crippen LogP) is -1.13. The standard InChI is InChI=1S/C6H8N4O2/c1-8-6(12)4-2-3(5(7)11)9-10-4/h2H,1H3,(H2,7,11)(H,8,12)(H,9,10). The van der Waals surface area contributed by atoms with Gasteiger partial charge in [-0.3, -0.25) is 14.7 Å². The number of nitrogens with two attached hydrogens (primary N) is 1. The number of carbonyl (C=O) groups excluding carboxylic acids is 2. The van der Waals surface area contributed by atoms with E-state index in [0.29, 0.717) is 0 Å². The second-order valence-corrected chi connectivity index (χ2v) is 2.11. The van der Waals surface area contributed by atoms with Gasteiger partial charge in [-0.25, -0.2) is 0 Å². The molecule has 0 spiro atoms. The molecule has 4 N–H and O–H groups in total. The lowest BCUT2D eigenvalue weighted by Gasteiger charge is -1.90. The Morgan fingerprint density at radius 2 is 2.33 bits per heavy atom. The molecule has 0 aromatic carbocycles. The molecular formula is C6H8N4O2. The third-order valence-electron chi connectivity index (χ3n) is 1.30. The van der Waals surface area contributed by atoms with E-state index in [1.54, 1.807) is 0 Å². The van der Waals surface area contributed by atoms with Crippen LogP contribution in [0.25, 0.3) is 0 Å². The summed E-state index contributed by atoms with van der Waals surface area (Å²) < 4.78 is 0. The minimum absolute atomic E-state index is 0.0496. The van der Waals surface area contributed by atoms with Gasteiger partial charge in [0.1, 0.15) is 5.69 Å². The van der Waals surface area contributed by atoms with Gasteiger partial charge in [-0.2, -0.15) is 5.10 Å². The molecule has 1 aromatic heterocycles. The van der Waals surface area contributed by atoms with Crippen molar-refractivity contribution in [1.29, 1.82) is 0 Å². The molecule has 6 heteroatoms. The molecule has 0 saturated carbocycles. The summed E-state index contributed by atoms with van der Waals surface area (Å²) in [6.45, 7) is 0. The summed E-state index contributed by atoms with van der Waals surface area (Å²) in [5.41, 5.74) is 5.18. The molecule has 1 rings (SSSR count). The Kier molecular flexibility index (Phi) is 2.09. The topological polar surface area (TPSA) is 101 Å². The largest absolute Gasteiger partial charge is 0.364 e. The van der Waals surface area contributed by atoms with Gasteiger partial charge in [-0.1, -0.05) is 0 Å². The Bertz CT molecular complexity index is 317.